The van der Waals surface area contributed by atoms with E-state index in [4.69, 9.17) is 4.74 Å². The van der Waals surface area contributed by atoms with Crippen LogP contribution in [-0.4, -0.2) is 37.0 Å². The lowest BCUT2D eigenvalue weighted by atomic mass is 9.67. The van der Waals surface area contributed by atoms with E-state index in [9.17, 15) is 5.11 Å². The van der Waals surface area contributed by atoms with Crippen LogP contribution in [-0.2, 0) is 4.74 Å². The molecule has 2 aliphatic rings. The Hall–Kier alpha value is -0.120. The van der Waals surface area contributed by atoms with E-state index in [0.717, 1.165) is 6.54 Å². The maximum atomic E-state index is 9.56. The summed E-state index contributed by atoms with van der Waals surface area (Å²) in [5, 5.41) is 13.0. The molecule has 1 heterocycles. The molecule has 2 N–H and O–H groups in total. The van der Waals surface area contributed by atoms with Gasteiger partial charge in [-0.2, -0.15) is 0 Å². The molecule has 1 saturated carbocycles. The van der Waals surface area contributed by atoms with Gasteiger partial charge in [-0.3, -0.25) is 0 Å². The topological polar surface area (TPSA) is 41.5 Å². The molecule has 2 fully saturated rings. The van der Waals surface area contributed by atoms with E-state index in [1.807, 2.05) is 0 Å². The maximum Gasteiger partial charge on any atom is 0.0948 e. The van der Waals surface area contributed by atoms with Gasteiger partial charge in [0.1, 0.15) is 0 Å². The van der Waals surface area contributed by atoms with E-state index >= 15 is 0 Å². The molecular weight excluding hydrogens is 178 g/mol. The number of hydrogen-bond donors (Lipinski definition) is 2. The van der Waals surface area contributed by atoms with Gasteiger partial charge in [0.25, 0.3) is 0 Å². The minimum atomic E-state index is -0.302. The van der Waals surface area contributed by atoms with Crippen molar-refractivity contribution in [2.75, 3.05) is 19.8 Å². The largest absolute Gasteiger partial charge is 0.389 e. The molecule has 2 rings (SSSR count). The highest BCUT2D eigenvalue weighted by Crippen LogP contribution is 2.43. The zero-order valence-corrected chi connectivity index (χ0v) is 8.96. The summed E-state index contributed by atoms with van der Waals surface area (Å²) >= 11 is 0. The lowest BCUT2D eigenvalue weighted by Gasteiger charge is -2.42. The van der Waals surface area contributed by atoms with Crippen molar-refractivity contribution in [3.05, 3.63) is 0 Å². The fourth-order valence-electron chi connectivity index (χ4n) is 2.42. The first kappa shape index (κ1) is 10.4. The van der Waals surface area contributed by atoms with E-state index in [1.165, 1.54) is 25.7 Å². The molecule has 1 aliphatic carbocycles. The average molecular weight is 199 g/mol. The number of ether oxygens (including phenoxy) is 1. The predicted molar refractivity (Wildman–Crippen MR) is 55.2 cm³/mol. The lowest BCUT2D eigenvalue weighted by Crippen LogP contribution is -2.47. The van der Waals surface area contributed by atoms with Gasteiger partial charge in [0.15, 0.2) is 0 Å². The van der Waals surface area contributed by atoms with Crippen LogP contribution in [0.3, 0.4) is 0 Å². The van der Waals surface area contributed by atoms with Crippen LogP contribution in [0.2, 0.25) is 0 Å². The molecule has 0 aromatic carbocycles. The Morgan fingerprint density at radius 3 is 2.64 bits per heavy atom. The van der Waals surface area contributed by atoms with Crippen molar-refractivity contribution in [1.29, 1.82) is 0 Å². The van der Waals surface area contributed by atoms with Crippen LogP contribution in [0.25, 0.3) is 0 Å². The third-order valence-electron chi connectivity index (χ3n) is 3.95. The van der Waals surface area contributed by atoms with Gasteiger partial charge in [0.05, 0.1) is 25.4 Å². The highest BCUT2D eigenvalue weighted by molar-refractivity contribution is 4.91. The van der Waals surface area contributed by atoms with Crippen molar-refractivity contribution >= 4 is 0 Å². The predicted octanol–water partition coefficient (Wildman–Crippen LogP) is 0.916. The molecular formula is C11H21NO2. The summed E-state index contributed by atoms with van der Waals surface area (Å²) in [5.74, 6) is 0. The zero-order valence-electron chi connectivity index (χ0n) is 8.96. The Balaban J connectivity index is 1.75. The van der Waals surface area contributed by atoms with Crippen molar-refractivity contribution in [3.63, 3.8) is 0 Å². The first-order valence-electron chi connectivity index (χ1n) is 5.75. The molecule has 0 amide bonds. The van der Waals surface area contributed by atoms with E-state index in [1.54, 1.807) is 0 Å². The summed E-state index contributed by atoms with van der Waals surface area (Å²) in [7, 11) is 0. The quantitative estimate of drug-likeness (QED) is 0.707. The second kappa shape index (κ2) is 4.17. The number of aliphatic hydroxyl groups is 1. The first-order valence-corrected chi connectivity index (χ1v) is 5.75. The number of hydrogen-bond acceptors (Lipinski definition) is 3. The molecule has 3 heteroatoms. The van der Waals surface area contributed by atoms with E-state index < -0.39 is 0 Å². The van der Waals surface area contributed by atoms with E-state index in [0.29, 0.717) is 18.6 Å². The fourth-order valence-corrected chi connectivity index (χ4v) is 2.42. The summed E-state index contributed by atoms with van der Waals surface area (Å²) in [6.45, 7) is 4.48. The summed E-state index contributed by atoms with van der Waals surface area (Å²) < 4.78 is 5.21. The van der Waals surface area contributed by atoms with Crippen LogP contribution >= 0.6 is 0 Å². The maximum absolute atomic E-state index is 9.56. The second-order valence-electron chi connectivity index (χ2n) is 4.80. The minimum Gasteiger partial charge on any atom is -0.389 e. The molecule has 1 saturated heterocycles. The van der Waals surface area contributed by atoms with Crippen LogP contribution < -0.4 is 5.32 Å². The molecule has 82 valence electrons. The summed E-state index contributed by atoms with van der Waals surface area (Å²) in [4.78, 5) is 0. The standard InChI is InChI=1S/C11H21NO2/c1-2-11(4-3-5-11)8-12-9-6-14-7-10(9)13/h9-10,12-13H,2-8H2,1H3. The van der Waals surface area contributed by atoms with Gasteiger partial charge in [-0.15, -0.1) is 0 Å². The zero-order chi connectivity index (χ0) is 10.0. The van der Waals surface area contributed by atoms with Crippen LogP contribution in [0.4, 0.5) is 0 Å². The summed E-state index contributed by atoms with van der Waals surface area (Å²) in [6, 6.07) is 0.166. The van der Waals surface area contributed by atoms with Crippen molar-refractivity contribution in [3.8, 4) is 0 Å². The molecule has 2 atom stereocenters. The van der Waals surface area contributed by atoms with Crippen molar-refractivity contribution < 1.29 is 9.84 Å². The molecule has 0 aromatic heterocycles. The second-order valence-corrected chi connectivity index (χ2v) is 4.80. The number of rotatable bonds is 4. The smallest absolute Gasteiger partial charge is 0.0948 e. The highest BCUT2D eigenvalue weighted by atomic mass is 16.5. The van der Waals surface area contributed by atoms with Crippen LogP contribution in [0.5, 0.6) is 0 Å². The van der Waals surface area contributed by atoms with Crippen molar-refractivity contribution in [1.82, 2.24) is 5.32 Å². The molecule has 0 spiro atoms. The van der Waals surface area contributed by atoms with Gasteiger partial charge in [0.2, 0.25) is 0 Å². The Kier molecular flexibility index (Phi) is 3.10. The van der Waals surface area contributed by atoms with E-state index in [-0.39, 0.29) is 12.1 Å². The van der Waals surface area contributed by atoms with Crippen molar-refractivity contribution in [2.24, 2.45) is 5.41 Å². The van der Waals surface area contributed by atoms with Crippen LogP contribution in [0, 0.1) is 5.41 Å². The Morgan fingerprint density at radius 1 is 1.43 bits per heavy atom. The van der Waals surface area contributed by atoms with Gasteiger partial charge >= 0.3 is 0 Å². The Labute approximate surface area is 85.8 Å². The molecule has 1 aliphatic heterocycles. The minimum absolute atomic E-state index is 0.166. The monoisotopic (exact) mass is 199 g/mol. The van der Waals surface area contributed by atoms with Crippen LogP contribution in [0.15, 0.2) is 0 Å². The van der Waals surface area contributed by atoms with Gasteiger partial charge in [-0.1, -0.05) is 13.3 Å². The molecule has 0 aromatic rings. The van der Waals surface area contributed by atoms with E-state index in [2.05, 4.69) is 12.2 Å². The summed E-state index contributed by atoms with van der Waals surface area (Å²) in [5.41, 5.74) is 0.530. The summed E-state index contributed by atoms with van der Waals surface area (Å²) in [6.07, 6.45) is 5.02. The first-order chi connectivity index (χ1) is 6.76. The highest BCUT2D eigenvalue weighted by Gasteiger charge is 2.36. The number of aliphatic hydroxyl groups excluding tert-OH is 1. The third-order valence-corrected chi connectivity index (χ3v) is 3.95. The van der Waals surface area contributed by atoms with Crippen LogP contribution in [0.1, 0.15) is 32.6 Å². The van der Waals surface area contributed by atoms with Gasteiger partial charge in [0, 0.05) is 6.54 Å². The molecule has 0 bridgehead atoms. The number of nitrogens with one attached hydrogen (secondary N) is 1. The molecule has 3 nitrogen and oxygen atoms in total. The lowest BCUT2D eigenvalue weighted by molar-refractivity contribution is 0.0994. The third kappa shape index (κ3) is 1.95. The van der Waals surface area contributed by atoms with Gasteiger partial charge < -0.3 is 15.2 Å². The van der Waals surface area contributed by atoms with Gasteiger partial charge in [-0.25, -0.2) is 0 Å². The Morgan fingerprint density at radius 2 is 2.21 bits per heavy atom. The normalized spacial score (nSPS) is 35.6. The van der Waals surface area contributed by atoms with Gasteiger partial charge in [-0.05, 0) is 24.7 Å². The Bertz CT molecular complexity index is 186. The molecule has 14 heavy (non-hydrogen) atoms. The average Bonchev–Trinajstić information content (AvgIpc) is 2.51. The SMILES string of the molecule is CCC1(CNC2COCC2O)CCC1. The fraction of sp³-hybridized carbons (Fsp3) is 1.00. The molecule has 2 unspecified atom stereocenters. The van der Waals surface area contributed by atoms with Crippen molar-refractivity contribution in [2.45, 2.75) is 44.8 Å². The molecule has 0 radical (unpaired) electrons.